The van der Waals surface area contributed by atoms with Gasteiger partial charge in [-0.15, -0.1) is 0 Å². The molecule has 104 valence electrons. The summed E-state index contributed by atoms with van der Waals surface area (Å²) in [6.45, 7) is 0.0997. The Labute approximate surface area is 138 Å². The Bertz CT molecular complexity index is 664. The van der Waals surface area contributed by atoms with Gasteiger partial charge in [0.1, 0.15) is 23.2 Å². The Morgan fingerprint density at radius 1 is 1.25 bits per heavy atom. The number of rotatable bonds is 4. The van der Waals surface area contributed by atoms with Crippen LogP contribution >= 0.6 is 44.1 Å². The summed E-state index contributed by atoms with van der Waals surface area (Å²) in [5.74, 6) is 0.196. The fraction of sp³-hybridized carbons (Fsp3) is 0.0714. The molecule has 6 heteroatoms. The van der Waals surface area contributed by atoms with E-state index in [4.69, 9.17) is 22.7 Å². The summed E-state index contributed by atoms with van der Waals surface area (Å²) in [6, 6.07) is 10.4. The minimum atomic E-state index is -0.437. The van der Waals surface area contributed by atoms with Gasteiger partial charge in [0.2, 0.25) is 0 Å². The van der Waals surface area contributed by atoms with Gasteiger partial charge < -0.3 is 10.5 Å². The lowest BCUT2D eigenvalue weighted by Crippen LogP contribution is -2.13. The molecule has 0 aliphatic heterocycles. The van der Waals surface area contributed by atoms with Crippen LogP contribution in [-0.4, -0.2) is 4.99 Å². The van der Waals surface area contributed by atoms with E-state index < -0.39 is 5.82 Å². The van der Waals surface area contributed by atoms with Gasteiger partial charge in [-0.25, -0.2) is 4.39 Å². The van der Waals surface area contributed by atoms with Crippen LogP contribution in [0.1, 0.15) is 11.1 Å². The lowest BCUT2D eigenvalue weighted by molar-refractivity contribution is 0.298. The summed E-state index contributed by atoms with van der Waals surface area (Å²) in [5, 5.41) is 0. The molecule has 0 atom stereocenters. The van der Waals surface area contributed by atoms with Crippen molar-refractivity contribution in [1.29, 1.82) is 0 Å². The van der Waals surface area contributed by atoms with Gasteiger partial charge in [0.05, 0.1) is 4.47 Å². The van der Waals surface area contributed by atoms with Crippen molar-refractivity contribution in [2.45, 2.75) is 6.61 Å². The number of hydrogen-bond acceptors (Lipinski definition) is 2. The summed E-state index contributed by atoms with van der Waals surface area (Å²) in [5.41, 5.74) is 6.11. The van der Waals surface area contributed by atoms with E-state index in [1.807, 2.05) is 12.1 Å². The summed E-state index contributed by atoms with van der Waals surface area (Å²) in [7, 11) is 0. The molecule has 2 N–H and O–H groups in total. The zero-order chi connectivity index (χ0) is 14.7. The molecule has 2 nitrogen and oxygen atoms in total. The molecule has 0 aromatic heterocycles. The van der Waals surface area contributed by atoms with Gasteiger partial charge in [-0.2, -0.15) is 0 Å². The topological polar surface area (TPSA) is 35.2 Å². The van der Waals surface area contributed by atoms with Crippen molar-refractivity contribution in [1.82, 2.24) is 0 Å². The first kappa shape index (κ1) is 15.4. The Morgan fingerprint density at radius 2 is 2.00 bits per heavy atom. The number of benzene rings is 2. The van der Waals surface area contributed by atoms with E-state index in [2.05, 4.69) is 31.9 Å². The van der Waals surface area contributed by atoms with Gasteiger partial charge in [-0.05, 0) is 40.2 Å². The lowest BCUT2D eigenvalue weighted by atomic mass is 10.1. The van der Waals surface area contributed by atoms with Crippen molar-refractivity contribution in [2.75, 3.05) is 0 Å². The standard InChI is InChI=1S/C14H10Br2FNOS/c15-9-4-5-12(11(16)6-9)19-7-8-2-1-3-10(13(8)17)14(18)20/h1-6H,7H2,(H2,18,20). The largest absolute Gasteiger partial charge is 0.488 e. The average molecular weight is 419 g/mol. The molecule has 0 radical (unpaired) electrons. The second-order valence-electron chi connectivity index (χ2n) is 4.01. The van der Waals surface area contributed by atoms with Gasteiger partial charge in [0.25, 0.3) is 0 Å². The van der Waals surface area contributed by atoms with Crippen LogP contribution in [0.3, 0.4) is 0 Å². The van der Waals surface area contributed by atoms with E-state index in [1.165, 1.54) is 0 Å². The smallest absolute Gasteiger partial charge is 0.139 e. The molecule has 0 saturated carbocycles. The molecule has 2 rings (SSSR count). The van der Waals surface area contributed by atoms with E-state index in [-0.39, 0.29) is 17.2 Å². The predicted octanol–water partition coefficient (Wildman–Crippen LogP) is 4.56. The molecule has 0 aliphatic rings. The molecule has 0 spiro atoms. The van der Waals surface area contributed by atoms with E-state index in [1.54, 1.807) is 24.3 Å². The SMILES string of the molecule is NC(=S)c1cccc(COc2ccc(Br)cc2Br)c1F. The maximum absolute atomic E-state index is 14.1. The maximum Gasteiger partial charge on any atom is 0.139 e. The van der Waals surface area contributed by atoms with E-state index in [9.17, 15) is 4.39 Å². The normalized spacial score (nSPS) is 10.3. The van der Waals surface area contributed by atoms with Crippen molar-refractivity contribution in [2.24, 2.45) is 5.73 Å². The molecule has 20 heavy (non-hydrogen) atoms. The highest BCUT2D eigenvalue weighted by Gasteiger charge is 2.11. The van der Waals surface area contributed by atoms with Crippen molar-refractivity contribution in [3.05, 3.63) is 62.3 Å². The van der Waals surface area contributed by atoms with Gasteiger partial charge >= 0.3 is 0 Å². The van der Waals surface area contributed by atoms with Crippen LogP contribution < -0.4 is 10.5 Å². The molecule has 0 amide bonds. The molecule has 0 bridgehead atoms. The Balaban J connectivity index is 2.19. The van der Waals surface area contributed by atoms with Gasteiger partial charge in [-0.1, -0.05) is 40.3 Å². The fourth-order valence-corrected chi connectivity index (χ4v) is 2.95. The molecule has 0 aliphatic carbocycles. The van der Waals surface area contributed by atoms with Gasteiger partial charge in [0.15, 0.2) is 0 Å². The van der Waals surface area contributed by atoms with Crippen LogP contribution in [0, 0.1) is 5.82 Å². The Hall–Kier alpha value is -0.980. The average Bonchev–Trinajstić information content (AvgIpc) is 2.39. The minimum Gasteiger partial charge on any atom is -0.488 e. The van der Waals surface area contributed by atoms with E-state index in [0.29, 0.717) is 11.3 Å². The molecule has 2 aromatic rings. The van der Waals surface area contributed by atoms with Crippen LogP contribution in [0.15, 0.2) is 45.3 Å². The maximum atomic E-state index is 14.1. The number of thiocarbonyl (C=S) groups is 1. The number of halogens is 3. The first-order valence-electron chi connectivity index (χ1n) is 5.64. The molecule has 0 unspecified atom stereocenters. The second-order valence-corrected chi connectivity index (χ2v) is 6.22. The van der Waals surface area contributed by atoms with Crippen molar-refractivity contribution < 1.29 is 9.13 Å². The molecular weight excluding hydrogens is 409 g/mol. The third-order valence-electron chi connectivity index (χ3n) is 2.62. The highest BCUT2D eigenvalue weighted by molar-refractivity contribution is 9.11. The fourth-order valence-electron chi connectivity index (χ4n) is 1.63. The number of nitrogens with two attached hydrogens (primary N) is 1. The minimum absolute atomic E-state index is 0.0363. The summed E-state index contributed by atoms with van der Waals surface area (Å²) in [6.07, 6.45) is 0. The molecule has 0 saturated heterocycles. The quantitative estimate of drug-likeness (QED) is 0.739. The zero-order valence-electron chi connectivity index (χ0n) is 10.2. The molecule has 0 fully saturated rings. The summed E-state index contributed by atoms with van der Waals surface area (Å²) in [4.78, 5) is 0.0363. The second kappa shape index (κ2) is 6.65. The van der Waals surface area contributed by atoms with Crippen LogP contribution in [0.25, 0.3) is 0 Å². The first-order valence-corrected chi connectivity index (χ1v) is 7.63. The highest BCUT2D eigenvalue weighted by Crippen LogP contribution is 2.29. The van der Waals surface area contributed by atoms with Crippen LogP contribution in [0.4, 0.5) is 4.39 Å². The molecule has 0 heterocycles. The highest BCUT2D eigenvalue weighted by atomic mass is 79.9. The molecule has 2 aromatic carbocycles. The number of ether oxygens (including phenoxy) is 1. The van der Waals surface area contributed by atoms with E-state index >= 15 is 0 Å². The lowest BCUT2D eigenvalue weighted by Gasteiger charge is -2.11. The number of hydrogen-bond donors (Lipinski definition) is 1. The monoisotopic (exact) mass is 417 g/mol. The summed E-state index contributed by atoms with van der Waals surface area (Å²) >= 11 is 11.5. The van der Waals surface area contributed by atoms with Crippen LogP contribution in [0.5, 0.6) is 5.75 Å². The van der Waals surface area contributed by atoms with Crippen LogP contribution in [0.2, 0.25) is 0 Å². The van der Waals surface area contributed by atoms with Crippen molar-refractivity contribution in [3.63, 3.8) is 0 Å². The molecular formula is C14H10Br2FNOS. The first-order chi connectivity index (χ1) is 9.49. The zero-order valence-corrected chi connectivity index (χ0v) is 14.2. The predicted molar refractivity (Wildman–Crippen MR) is 88.5 cm³/mol. The Kier molecular flexibility index (Phi) is 5.12. The van der Waals surface area contributed by atoms with Crippen molar-refractivity contribution >= 4 is 49.1 Å². The van der Waals surface area contributed by atoms with Gasteiger partial charge in [-0.3, -0.25) is 0 Å². The summed E-state index contributed by atoms with van der Waals surface area (Å²) < 4.78 is 21.4. The third kappa shape index (κ3) is 3.56. The van der Waals surface area contributed by atoms with Crippen LogP contribution in [-0.2, 0) is 6.61 Å². The third-order valence-corrected chi connectivity index (χ3v) is 3.95. The van der Waals surface area contributed by atoms with E-state index in [0.717, 1.165) is 8.95 Å². The Morgan fingerprint density at radius 3 is 2.65 bits per heavy atom. The van der Waals surface area contributed by atoms with Gasteiger partial charge in [0, 0.05) is 15.6 Å². The van der Waals surface area contributed by atoms with Crippen molar-refractivity contribution in [3.8, 4) is 5.75 Å².